The van der Waals surface area contributed by atoms with Crippen molar-refractivity contribution in [3.63, 3.8) is 0 Å². The molecule has 2 nitrogen and oxygen atoms in total. The summed E-state index contributed by atoms with van der Waals surface area (Å²) in [5.41, 5.74) is 5.85. The zero-order chi connectivity index (χ0) is 10.2. The number of piperidine rings is 1. The number of nitrogens with zero attached hydrogens (tertiary/aromatic N) is 1. The fourth-order valence-electron chi connectivity index (χ4n) is 1.98. The highest BCUT2D eigenvalue weighted by Gasteiger charge is 2.14. The normalized spacial score (nSPS) is 19.8. The molecule has 0 amide bonds. The van der Waals surface area contributed by atoms with Gasteiger partial charge in [-0.25, -0.2) is 0 Å². The molecule has 0 radical (unpaired) electrons. The first kappa shape index (κ1) is 11.7. The number of hydrogen-bond donors (Lipinski definition) is 1. The molecule has 0 aromatic carbocycles. The summed E-state index contributed by atoms with van der Waals surface area (Å²) in [7, 11) is 0. The molecule has 2 heteroatoms. The van der Waals surface area contributed by atoms with Gasteiger partial charge in [0.25, 0.3) is 0 Å². The first-order valence-corrected chi connectivity index (χ1v) is 5.92. The van der Waals surface area contributed by atoms with E-state index in [0.29, 0.717) is 6.04 Å². The Kier molecular flexibility index (Phi) is 5.88. The van der Waals surface area contributed by atoms with Crippen molar-refractivity contribution in [2.75, 3.05) is 19.6 Å². The lowest BCUT2D eigenvalue weighted by Gasteiger charge is -2.29. The highest BCUT2D eigenvalue weighted by atomic mass is 15.1. The largest absolute Gasteiger partial charge is 0.328 e. The average molecular weight is 196 g/mol. The molecule has 82 valence electrons. The molecular formula is C12H24N2. The lowest BCUT2D eigenvalue weighted by Crippen LogP contribution is -2.39. The lowest BCUT2D eigenvalue weighted by atomic mass is 10.1. The lowest BCUT2D eigenvalue weighted by molar-refractivity contribution is 0.209. The van der Waals surface area contributed by atoms with Crippen molar-refractivity contribution in [2.45, 2.75) is 44.6 Å². The molecule has 0 bridgehead atoms. The molecule has 14 heavy (non-hydrogen) atoms. The first-order chi connectivity index (χ1) is 6.83. The third-order valence-corrected chi connectivity index (χ3v) is 3.01. The van der Waals surface area contributed by atoms with Crippen LogP contribution in [0.15, 0.2) is 12.7 Å². The third-order valence-electron chi connectivity index (χ3n) is 3.01. The summed E-state index contributed by atoms with van der Waals surface area (Å²) in [6, 6.07) is 0.465. The van der Waals surface area contributed by atoms with Gasteiger partial charge in [-0.1, -0.05) is 12.5 Å². The van der Waals surface area contributed by atoms with Crippen LogP contribution >= 0.6 is 0 Å². The number of likely N-dealkylation sites (tertiary alicyclic amines) is 1. The van der Waals surface area contributed by atoms with Crippen LogP contribution in [-0.2, 0) is 0 Å². The maximum atomic E-state index is 5.85. The van der Waals surface area contributed by atoms with Crippen molar-refractivity contribution in [1.82, 2.24) is 4.90 Å². The molecule has 0 aromatic heterocycles. The second-order valence-electron chi connectivity index (χ2n) is 4.32. The number of hydrogen-bond acceptors (Lipinski definition) is 2. The molecule has 1 aliphatic rings. The predicted molar refractivity (Wildman–Crippen MR) is 62.3 cm³/mol. The Morgan fingerprint density at radius 2 is 1.93 bits per heavy atom. The minimum atomic E-state index is 0.465. The molecule has 0 saturated carbocycles. The van der Waals surface area contributed by atoms with Gasteiger partial charge in [0.05, 0.1) is 0 Å². The standard InChI is InChI=1S/C12H24N2/c1-2-3-4-5-6-9-14-10-7-12(13)8-11-14/h2,12H,1,3-11,13H2. The second kappa shape index (κ2) is 7.02. The minimum absolute atomic E-state index is 0.465. The van der Waals surface area contributed by atoms with Gasteiger partial charge < -0.3 is 10.6 Å². The van der Waals surface area contributed by atoms with E-state index >= 15 is 0 Å². The molecule has 1 rings (SSSR count). The monoisotopic (exact) mass is 196 g/mol. The maximum Gasteiger partial charge on any atom is 0.00631 e. The fourth-order valence-corrected chi connectivity index (χ4v) is 1.98. The molecule has 0 unspecified atom stereocenters. The smallest absolute Gasteiger partial charge is 0.00631 e. The van der Waals surface area contributed by atoms with Crippen LogP contribution in [-0.4, -0.2) is 30.6 Å². The Hall–Kier alpha value is -0.340. The number of nitrogens with two attached hydrogens (primary N) is 1. The van der Waals surface area contributed by atoms with E-state index in [-0.39, 0.29) is 0 Å². The molecule has 0 atom stereocenters. The highest BCUT2D eigenvalue weighted by molar-refractivity contribution is 4.74. The molecule has 0 aromatic rings. The molecular weight excluding hydrogens is 172 g/mol. The van der Waals surface area contributed by atoms with Crippen LogP contribution in [0.1, 0.15) is 38.5 Å². The molecule has 1 fully saturated rings. The van der Waals surface area contributed by atoms with Gasteiger partial charge >= 0.3 is 0 Å². The van der Waals surface area contributed by atoms with Crippen LogP contribution in [0, 0.1) is 0 Å². The fraction of sp³-hybridized carbons (Fsp3) is 0.833. The van der Waals surface area contributed by atoms with Crippen LogP contribution < -0.4 is 5.73 Å². The number of unbranched alkanes of at least 4 members (excludes halogenated alkanes) is 3. The van der Waals surface area contributed by atoms with Gasteiger partial charge in [0.2, 0.25) is 0 Å². The van der Waals surface area contributed by atoms with E-state index in [1.165, 1.54) is 58.2 Å². The quantitative estimate of drug-likeness (QED) is 0.521. The molecule has 0 aliphatic carbocycles. The molecule has 1 heterocycles. The van der Waals surface area contributed by atoms with Crippen molar-refractivity contribution in [1.29, 1.82) is 0 Å². The Morgan fingerprint density at radius 3 is 2.57 bits per heavy atom. The zero-order valence-electron chi connectivity index (χ0n) is 9.25. The minimum Gasteiger partial charge on any atom is -0.328 e. The summed E-state index contributed by atoms with van der Waals surface area (Å²) in [5.74, 6) is 0. The van der Waals surface area contributed by atoms with E-state index in [9.17, 15) is 0 Å². The predicted octanol–water partition coefficient (Wildman–Crippen LogP) is 2.16. The van der Waals surface area contributed by atoms with E-state index in [2.05, 4.69) is 11.5 Å². The van der Waals surface area contributed by atoms with E-state index in [4.69, 9.17) is 5.73 Å². The molecule has 0 spiro atoms. The van der Waals surface area contributed by atoms with E-state index in [1.54, 1.807) is 0 Å². The molecule has 1 saturated heterocycles. The Bertz CT molecular complexity index is 148. The molecule has 2 N–H and O–H groups in total. The Morgan fingerprint density at radius 1 is 1.21 bits per heavy atom. The van der Waals surface area contributed by atoms with Crippen LogP contribution in [0.2, 0.25) is 0 Å². The highest BCUT2D eigenvalue weighted by Crippen LogP contribution is 2.10. The SMILES string of the molecule is C=CCCCCCN1CCC(N)CC1. The Balaban J connectivity index is 1.93. The first-order valence-electron chi connectivity index (χ1n) is 5.92. The summed E-state index contributed by atoms with van der Waals surface area (Å²) in [6.45, 7) is 7.42. The van der Waals surface area contributed by atoms with Crippen molar-refractivity contribution >= 4 is 0 Å². The van der Waals surface area contributed by atoms with Crippen molar-refractivity contribution < 1.29 is 0 Å². The van der Waals surface area contributed by atoms with Crippen molar-refractivity contribution in [3.05, 3.63) is 12.7 Å². The topological polar surface area (TPSA) is 29.3 Å². The van der Waals surface area contributed by atoms with Crippen molar-refractivity contribution in [2.24, 2.45) is 5.73 Å². The van der Waals surface area contributed by atoms with E-state index < -0.39 is 0 Å². The summed E-state index contributed by atoms with van der Waals surface area (Å²) in [4.78, 5) is 2.55. The van der Waals surface area contributed by atoms with Gasteiger partial charge in [-0.2, -0.15) is 0 Å². The average Bonchev–Trinajstić information content (AvgIpc) is 2.21. The Labute approximate surface area is 88.2 Å². The number of allylic oxidation sites excluding steroid dienone is 1. The zero-order valence-corrected chi connectivity index (χ0v) is 9.25. The van der Waals surface area contributed by atoms with Crippen molar-refractivity contribution in [3.8, 4) is 0 Å². The third kappa shape index (κ3) is 4.77. The summed E-state index contributed by atoms with van der Waals surface area (Å²) < 4.78 is 0. The van der Waals surface area contributed by atoms with Crippen LogP contribution in [0.4, 0.5) is 0 Å². The van der Waals surface area contributed by atoms with Gasteiger partial charge in [-0.05, 0) is 51.7 Å². The van der Waals surface area contributed by atoms with Crippen LogP contribution in [0.3, 0.4) is 0 Å². The van der Waals surface area contributed by atoms with Gasteiger partial charge in [-0.15, -0.1) is 6.58 Å². The second-order valence-corrected chi connectivity index (χ2v) is 4.32. The molecule has 1 aliphatic heterocycles. The summed E-state index contributed by atoms with van der Waals surface area (Å²) in [5, 5.41) is 0. The van der Waals surface area contributed by atoms with Gasteiger partial charge in [-0.3, -0.25) is 0 Å². The van der Waals surface area contributed by atoms with Gasteiger partial charge in [0.15, 0.2) is 0 Å². The summed E-state index contributed by atoms with van der Waals surface area (Å²) in [6.07, 6.45) is 9.54. The van der Waals surface area contributed by atoms with Gasteiger partial charge in [0, 0.05) is 6.04 Å². The van der Waals surface area contributed by atoms with Crippen LogP contribution in [0.5, 0.6) is 0 Å². The number of rotatable bonds is 6. The summed E-state index contributed by atoms with van der Waals surface area (Å²) >= 11 is 0. The van der Waals surface area contributed by atoms with E-state index in [1.807, 2.05) is 6.08 Å². The maximum absolute atomic E-state index is 5.85. The van der Waals surface area contributed by atoms with E-state index in [0.717, 1.165) is 0 Å². The van der Waals surface area contributed by atoms with Gasteiger partial charge in [0.1, 0.15) is 0 Å². The van der Waals surface area contributed by atoms with Crippen LogP contribution in [0.25, 0.3) is 0 Å².